The summed E-state index contributed by atoms with van der Waals surface area (Å²) in [5.74, 6) is -0.789. The van der Waals surface area contributed by atoms with E-state index in [2.05, 4.69) is 5.32 Å². The number of carbonyl (C=O) groups is 2. The van der Waals surface area contributed by atoms with Crippen molar-refractivity contribution in [3.05, 3.63) is 72.1 Å². The fourth-order valence-corrected chi connectivity index (χ4v) is 1.89. The second kappa shape index (κ2) is 9.87. The number of benzene rings is 2. The van der Waals surface area contributed by atoms with Gasteiger partial charge in [0.15, 0.2) is 6.61 Å². The monoisotopic (exact) mass is 343 g/mol. The van der Waals surface area contributed by atoms with Gasteiger partial charge in [0, 0.05) is 6.08 Å². The molecule has 0 aliphatic heterocycles. The zero-order valence-corrected chi connectivity index (χ0v) is 13.5. The van der Waals surface area contributed by atoms with E-state index < -0.39 is 24.3 Å². The van der Waals surface area contributed by atoms with Crippen LogP contribution in [0.4, 0.5) is 4.39 Å². The van der Waals surface area contributed by atoms with Crippen LogP contribution in [0.2, 0.25) is 0 Å². The molecule has 0 aromatic heterocycles. The van der Waals surface area contributed by atoms with Gasteiger partial charge in [-0.3, -0.25) is 4.79 Å². The molecule has 0 radical (unpaired) electrons. The third-order valence-electron chi connectivity index (χ3n) is 3.04. The van der Waals surface area contributed by atoms with Gasteiger partial charge in [-0.25, -0.2) is 9.18 Å². The SMILES string of the molecule is O=C(COC(=O)/C=C/c1cccc(F)c1)NCCOc1ccccc1. The first-order valence-electron chi connectivity index (χ1n) is 7.68. The minimum atomic E-state index is -0.681. The van der Waals surface area contributed by atoms with Crippen LogP contribution in [0.1, 0.15) is 5.56 Å². The first-order valence-corrected chi connectivity index (χ1v) is 7.68. The van der Waals surface area contributed by atoms with Crippen LogP contribution in [0.25, 0.3) is 6.08 Å². The maximum atomic E-state index is 13.0. The van der Waals surface area contributed by atoms with Crippen molar-refractivity contribution in [3.8, 4) is 5.75 Å². The molecular weight excluding hydrogens is 325 g/mol. The van der Waals surface area contributed by atoms with Gasteiger partial charge in [0.05, 0.1) is 6.54 Å². The molecule has 1 N–H and O–H groups in total. The Balaban J connectivity index is 1.61. The van der Waals surface area contributed by atoms with Crippen molar-refractivity contribution in [2.45, 2.75) is 0 Å². The third kappa shape index (κ3) is 7.30. The van der Waals surface area contributed by atoms with Crippen LogP contribution in [0.3, 0.4) is 0 Å². The summed E-state index contributed by atoms with van der Waals surface area (Å²) in [7, 11) is 0. The lowest BCUT2D eigenvalue weighted by molar-refractivity contribution is -0.143. The molecule has 25 heavy (non-hydrogen) atoms. The van der Waals surface area contributed by atoms with E-state index in [0.29, 0.717) is 24.5 Å². The Morgan fingerprint density at radius 2 is 1.88 bits per heavy atom. The molecule has 0 heterocycles. The van der Waals surface area contributed by atoms with Crippen molar-refractivity contribution in [3.63, 3.8) is 0 Å². The Morgan fingerprint density at radius 1 is 1.08 bits per heavy atom. The highest BCUT2D eigenvalue weighted by atomic mass is 19.1. The van der Waals surface area contributed by atoms with E-state index in [1.165, 1.54) is 24.3 Å². The maximum Gasteiger partial charge on any atom is 0.331 e. The molecule has 2 rings (SSSR count). The molecule has 1 amide bonds. The largest absolute Gasteiger partial charge is 0.492 e. The fraction of sp³-hybridized carbons (Fsp3) is 0.158. The van der Waals surface area contributed by atoms with Gasteiger partial charge in [-0.2, -0.15) is 0 Å². The van der Waals surface area contributed by atoms with Crippen molar-refractivity contribution in [2.75, 3.05) is 19.8 Å². The average molecular weight is 343 g/mol. The van der Waals surface area contributed by atoms with E-state index >= 15 is 0 Å². The van der Waals surface area contributed by atoms with Crippen LogP contribution >= 0.6 is 0 Å². The van der Waals surface area contributed by atoms with Crippen LogP contribution in [0.15, 0.2) is 60.7 Å². The average Bonchev–Trinajstić information content (AvgIpc) is 2.63. The zero-order valence-electron chi connectivity index (χ0n) is 13.5. The number of esters is 1. The lowest BCUT2D eigenvalue weighted by Crippen LogP contribution is -2.31. The minimum absolute atomic E-state index is 0.296. The first-order chi connectivity index (χ1) is 12.1. The maximum absolute atomic E-state index is 13.0. The van der Waals surface area contributed by atoms with Crippen molar-refractivity contribution in [2.24, 2.45) is 0 Å². The summed E-state index contributed by atoms with van der Waals surface area (Å²) in [6.45, 7) is 0.214. The summed E-state index contributed by atoms with van der Waals surface area (Å²) in [5.41, 5.74) is 0.527. The summed E-state index contributed by atoms with van der Waals surface area (Å²) < 4.78 is 23.2. The van der Waals surface area contributed by atoms with Crippen LogP contribution in [-0.4, -0.2) is 31.6 Å². The number of amides is 1. The minimum Gasteiger partial charge on any atom is -0.492 e. The number of para-hydroxylation sites is 1. The molecule has 0 spiro atoms. The van der Waals surface area contributed by atoms with Crippen molar-refractivity contribution >= 4 is 18.0 Å². The summed E-state index contributed by atoms with van der Waals surface area (Å²) in [6, 6.07) is 15.0. The van der Waals surface area contributed by atoms with Gasteiger partial charge in [0.25, 0.3) is 5.91 Å². The quantitative estimate of drug-likeness (QED) is 0.455. The molecule has 130 valence electrons. The van der Waals surface area contributed by atoms with E-state index in [1.807, 2.05) is 30.3 Å². The summed E-state index contributed by atoms with van der Waals surface area (Å²) in [5, 5.41) is 2.57. The smallest absolute Gasteiger partial charge is 0.331 e. The third-order valence-corrected chi connectivity index (χ3v) is 3.04. The number of halogens is 1. The van der Waals surface area contributed by atoms with E-state index in [-0.39, 0.29) is 0 Å². The van der Waals surface area contributed by atoms with Gasteiger partial charge in [0.1, 0.15) is 18.2 Å². The van der Waals surface area contributed by atoms with Crippen LogP contribution < -0.4 is 10.1 Å². The van der Waals surface area contributed by atoms with Crippen molar-refractivity contribution in [1.29, 1.82) is 0 Å². The van der Waals surface area contributed by atoms with Crippen molar-refractivity contribution < 1.29 is 23.5 Å². The van der Waals surface area contributed by atoms with Crippen LogP contribution in [0.5, 0.6) is 5.75 Å². The Labute approximate surface area is 145 Å². The second-order valence-corrected chi connectivity index (χ2v) is 5.01. The van der Waals surface area contributed by atoms with E-state index in [9.17, 15) is 14.0 Å². The molecule has 0 aliphatic carbocycles. The lowest BCUT2D eigenvalue weighted by atomic mass is 10.2. The van der Waals surface area contributed by atoms with Gasteiger partial charge in [-0.05, 0) is 35.9 Å². The first kappa shape index (κ1) is 18.2. The second-order valence-electron chi connectivity index (χ2n) is 5.01. The standard InChI is InChI=1S/C19H18FNO4/c20-16-6-4-5-15(13-16)9-10-19(23)25-14-18(22)21-11-12-24-17-7-2-1-3-8-17/h1-10,13H,11-12,14H2,(H,21,22)/b10-9+. The van der Waals surface area contributed by atoms with Gasteiger partial charge in [0.2, 0.25) is 0 Å². The van der Waals surface area contributed by atoms with Gasteiger partial charge >= 0.3 is 5.97 Å². The summed E-state index contributed by atoms with van der Waals surface area (Å²) in [4.78, 5) is 23.1. The molecular formula is C19H18FNO4. The molecule has 2 aromatic rings. The topological polar surface area (TPSA) is 64.6 Å². The summed E-state index contributed by atoms with van der Waals surface area (Å²) >= 11 is 0. The normalized spacial score (nSPS) is 10.4. The molecule has 0 saturated heterocycles. The number of hydrogen-bond donors (Lipinski definition) is 1. The number of ether oxygens (including phenoxy) is 2. The molecule has 0 aliphatic rings. The fourth-order valence-electron chi connectivity index (χ4n) is 1.89. The van der Waals surface area contributed by atoms with Gasteiger partial charge in [-0.1, -0.05) is 30.3 Å². The van der Waals surface area contributed by atoms with E-state index in [4.69, 9.17) is 9.47 Å². The highest BCUT2D eigenvalue weighted by molar-refractivity contribution is 5.89. The number of carbonyl (C=O) groups excluding carboxylic acids is 2. The van der Waals surface area contributed by atoms with E-state index in [0.717, 1.165) is 6.08 Å². The molecule has 2 aromatic carbocycles. The predicted octanol–water partition coefficient (Wildman–Crippen LogP) is 2.58. The van der Waals surface area contributed by atoms with Gasteiger partial charge < -0.3 is 14.8 Å². The van der Waals surface area contributed by atoms with Gasteiger partial charge in [-0.15, -0.1) is 0 Å². The molecule has 0 saturated carbocycles. The molecule has 5 nitrogen and oxygen atoms in total. The predicted molar refractivity (Wildman–Crippen MR) is 91.3 cm³/mol. The van der Waals surface area contributed by atoms with E-state index in [1.54, 1.807) is 6.07 Å². The number of rotatable bonds is 8. The number of hydrogen-bond acceptors (Lipinski definition) is 4. The number of nitrogens with one attached hydrogen (secondary N) is 1. The Hall–Kier alpha value is -3.15. The van der Waals surface area contributed by atoms with Crippen LogP contribution in [0, 0.1) is 5.82 Å². The van der Waals surface area contributed by atoms with Crippen molar-refractivity contribution in [1.82, 2.24) is 5.32 Å². The molecule has 6 heteroatoms. The van der Waals surface area contributed by atoms with Crippen LogP contribution in [-0.2, 0) is 14.3 Å². The molecule has 0 unspecified atom stereocenters. The summed E-state index contributed by atoms with van der Waals surface area (Å²) in [6.07, 6.45) is 2.55. The lowest BCUT2D eigenvalue weighted by Gasteiger charge is -2.07. The zero-order chi connectivity index (χ0) is 17.9. The Morgan fingerprint density at radius 3 is 2.64 bits per heavy atom. The highest BCUT2D eigenvalue weighted by Crippen LogP contribution is 2.07. The molecule has 0 bridgehead atoms. The Bertz CT molecular complexity index is 731. The Kier molecular flexibility index (Phi) is 7.18. The molecule has 0 fully saturated rings. The molecule has 0 atom stereocenters. The highest BCUT2D eigenvalue weighted by Gasteiger charge is 2.04.